The van der Waals surface area contributed by atoms with Gasteiger partial charge in [-0.05, 0) is 31.2 Å². The maximum Gasteiger partial charge on any atom is 0.285 e. The number of carbonyl (C=O) groups excluding carboxylic acids is 1. The summed E-state index contributed by atoms with van der Waals surface area (Å²) in [4.78, 5) is 27.1. The molecule has 2 aromatic carbocycles. The van der Waals surface area contributed by atoms with Crippen molar-refractivity contribution in [3.05, 3.63) is 92.6 Å². The quantitative estimate of drug-likeness (QED) is 0.346. The highest BCUT2D eigenvalue weighted by Crippen LogP contribution is 2.33. The third-order valence-corrected chi connectivity index (χ3v) is 5.21. The predicted octanol–water partition coefficient (Wildman–Crippen LogP) is 5.22. The Morgan fingerprint density at radius 1 is 1.00 bits per heavy atom. The topological polar surface area (TPSA) is 85.7 Å². The van der Waals surface area contributed by atoms with Crippen molar-refractivity contribution in [2.24, 2.45) is 4.99 Å². The molecule has 0 spiro atoms. The van der Waals surface area contributed by atoms with Crippen LogP contribution in [0.15, 0.2) is 75.0 Å². The Labute approximate surface area is 164 Å². The van der Waals surface area contributed by atoms with Crippen LogP contribution in [-0.4, -0.2) is 15.9 Å². The minimum Gasteiger partial charge on any atom is -0.457 e. The molecule has 0 bridgehead atoms. The summed E-state index contributed by atoms with van der Waals surface area (Å²) in [6.07, 6.45) is 1.66. The van der Waals surface area contributed by atoms with Crippen LogP contribution in [0.25, 0.3) is 17.4 Å². The fourth-order valence-electron chi connectivity index (χ4n) is 2.69. The highest BCUT2D eigenvalue weighted by Gasteiger charge is 2.23. The predicted molar refractivity (Wildman–Crippen MR) is 109 cm³/mol. The third kappa shape index (κ3) is 3.65. The van der Waals surface area contributed by atoms with Crippen molar-refractivity contribution in [3.8, 4) is 11.3 Å². The Balaban J connectivity index is 1.53. The van der Waals surface area contributed by atoms with Gasteiger partial charge in [-0.15, -0.1) is 0 Å². The molecule has 0 unspecified atom stereocenters. The Morgan fingerprint density at radius 2 is 1.68 bits per heavy atom. The summed E-state index contributed by atoms with van der Waals surface area (Å²) in [6.45, 7) is 2.00. The van der Waals surface area contributed by atoms with Gasteiger partial charge in [0.25, 0.3) is 11.6 Å². The number of amides is 1. The van der Waals surface area contributed by atoms with E-state index in [2.05, 4.69) is 4.99 Å². The number of aryl methyl sites for hydroxylation is 1. The van der Waals surface area contributed by atoms with E-state index in [-0.39, 0.29) is 11.6 Å². The number of nitro groups is 1. The van der Waals surface area contributed by atoms with Gasteiger partial charge in [0, 0.05) is 29.3 Å². The van der Waals surface area contributed by atoms with Crippen molar-refractivity contribution in [2.45, 2.75) is 6.92 Å². The van der Waals surface area contributed by atoms with Crippen LogP contribution in [0.4, 0.5) is 5.69 Å². The largest absolute Gasteiger partial charge is 0.457 e. The lowest BCUT2D eigenvalue weighted by Gasteiger charge is -1.99. The molecule has 0 aliphatic carbocycles. The first kappa shape index (κ1) is 17.9. The SMILES string of the molecule is Cc1ccc(C2=NC(=O)/C(=C\c3ccc(-c4ccc([N+](=O)[O-])cc4)o3)S2)cc1. The van der Waals surface area contributed by atoms with Crippen LogP contribution >= 0.6 is 11.8 Å². The molecule has 0 fully saturated rings. The lowest BCUT2D eigenvalue weighted by molar-refractivity contribution is -0.384. The van der Waals surface area contributed by atoms with Crippen molar-refractivity contribution in [3.63, 3.8) is 0 Å². The second kappa shape index (κ2) is 7.28. The number of aliphatic imine (C=N–C) groups is 1. The Bertz CT molecular complexity index is 1130. The van der Waals surface area contributed by atoms with Gasteiger partial charge in [-0.2, -0.15) is 0 Å². The molecule has 0 N–H and O–H groups in total. The van der Waals surface area contributed by atoms with Gasteiger partial charge in [0.1, 0.15) is 16.6 Å². The fourth-order valence-corrected chi connectivity index (χ4v) is 3.59. The number of nitro benzene ring substituents is 1. The Kier molecular flexibility index (Phi) is 4.67. The zero-order valence-corrected chi connectivity index (χ0v) is 15.6. The van der Waals surface area contributed by atoms with E-state index in [4.69, 9.17) is 4.42 Å². The van der Waals surface area contributed by atoms with Crippen LogP contribution < -0.4 is 0 Å². The number of non-ortho nitro benzene ring substituents is 1. The molecule has 3 aromatic rings. The number of furan rings is 1. The highest BCUT2D eigenvalue weighted by molar-refractivity contribution is 8.19. The Morgan fingerprint density at radius 3 is 2.36 bits per heavy atom. The first-order valence-electron chi connectivity index (χ1n) is 8.44. The molecule has 1 aromatic heterocycles. The summed E-state index contributed by atoms with van der Waals surface area (Å²) in [5.41, 5.74) is 2.78. The molecule has 138 valence electrons. The summed E-state index contributed by atoms with van der Waals surface area (Å²) in [6, 6.07) is 17.5. The van der Waals surface area contributed by atoms with E-state index in [1.54, 1.807) is 30.3 Å². The van der Waals surface area contributed by atoms with Crippen LogP contribution in [0.3, 0.4) is 0 Å². The standard InChI is InChI=1S/C21H14N2O4S/c1-13-2-4-15(5-3-13)21-22-20(24)19(28-21)12-17-10-11-18(27-17)14-6-8-16(9-7-14)23(25)26/h2-12H,1H3/b19-12+. The second-order valence-electron chi connectivity index (χ2n) is 6.20. The average molecular weight is 390 g/mol. The van der Waals surface area contributed by atoms with Crippen molar-refractivity contribution in [2.75, 3.05) is 0 Å². The summed E-state index contributed by atoms with van der Waals surface area (Å²) < 4.78 is 5.77. The molecule has 1 aliphatic rings. The smallest absolute Gasteiger partial charge is 0.285 e. The normalized spacial score (nSPS) is 15.1. The van der Waals surface area contributed by atoms with Gasteiger partial charge in [-0.25, -0.2) is 4.99 Å². The summed E-state index contributed by atoms with van der Waals surface area (Å²) in [5, 5.41) is 11.4. The van der Waals surface area contributed by atoms with E-state index in [0.717, 1.165) is 16.7 Å². The monoisotopic (exact) mass is 390 g/mol. The zero-order chi connectivity index (χ0) is 19.7. The molecule has 0 atom stereocenters. The van der Waals surface area contributed by atoms with Crippen molar-refractivity contribution in [1.29, 1.82) is 0 Å². The molecular weight excluding hydrogens is 376 g/mol. The molecule has 28 heavy (non-hydrogen) atoms. The van der Waals surface area contributed by atoms with E-state index in [0.29, 0.717) is 21.5 Å². The number of thioether (sulfide) groups is 1. The lowest BCUT2D eigenvalue weighted by Crippen LogP contribution is -1.90. The highest BCUT2D eigenvalue weighted by atomic mass is 32.2. The van der Waals surface area contributed by atoms with E-state index >= 15 is 0 Å². The summed E-state index contributed by atoms with van der Waals surface area (Å²) in [5.74, 6) is 0.787. The summed E-state index contributed by atoms with van der Waals surface area (Å²) >= 11 is 1.31. The van der Waals surface area contributed by atoms with Gasteiger partial charge < -0.3 is 4.42 Å². The van der Waals surface area contributed by atoms with Crippen LogP contribution in [0.2, 0.25) is 0 Å². The molecule has 1 aliphatic heterocycles. The maximum atomic E-state index is 12.2. The first-order chi connectivity index (χ1) is 13.5. The van der Waals surface area contributed by atoms with Crippen LogP contribution in [0.5, 0.6) is 0 Å². The number of hydrogen-bond acceptors (Lipinski definition) is 5. The Hall–Kier alpha value is -3.45. The minimum absolute atomic E-state index is 0.0198. The molecule has 0 saturated heterocycles. The fraction of sp³-hybridized carbons (Fsp3) is 0.0476. The molecule has 2 heterocycles. The molecule has 0 saturated carbocycles. The number of nitrogens with zero attached hydrogens (tertiary/aromatic N) is 2. The van der Waals surface area contributed by atoms with Gasteiger partial charge in [-0.1, -0.05) is 41.6 Å². The van der Waals surface area contributed by atoms with E-state index in [1.807, 2.05) is 31.2 Å². The molecular formula is C21H14N2O4S. The zero-order valence-electron chi connectivity index (χ0n) is 14.8. The molecule has 4 rings (SSSR count). The van der Waals surface area contributed by atoms with E-state index < -0.39 is 4.92 Å². The van der Waals surface area contributed by atoms with Gasteiger partial charge in [0.05, 0.1) is 9.83 Å². The maximum absolute atomic E-state index is 12.2. The number of benzene rings is 2. The number of carbonyl (C=O) groups is 1. The number of rotatable bonds is 4. The molecule has 7 heteroatoms. The van der Waals surface area contributed by atoms with E-state index in [9.17, 15) is 14.9 Å². The molecule has 0 radical (unpaired) electrons. The van der Waals surface area contributed by atoms with Gasteiger partial charge >= 0.3 is 0 Å². The average Bonchev–Trinajstić information content (AvgIpc) is 3.30. The van der Waals surface area contributed by atoms with Gasteiger partial charge in [0.15, 0.2) is 0 Å². The van der Waals surface area contributed by atoms with Crippen LogP contribution in [0, 0.1) is 17.0 Å². The van der Waals surface area contributed by atoms with Crippen molar-refractivity contribution in [1.82, 2.24) is 0 Å². The molecule has 6 nitrogen and oxygen atoms in total. The van der Waals surface area contributed by atoms with E-state index in [1.165, 1.54) is 23.9 Å². The minimum atomic E-state index is -0.448. The third-order valence-electron chi connectivity index (χ3n) is 4.18. The van der Waals surface area contributed by atoms with Crippen LogP contribution in [-0.2, 0) is 4.79 Å². The van der Waals surface area contributed by atoms with Crippen molar-refractivity contribution >= 4 is 34.5 Å². The van der Waals surface area contributed by atoms with Gasteiger partial charge in [-0.3, -0.25) is 14.9 Å². The first-order valence-corrected chi connectivity index (χ1v) is 9.25. The van der Waals surface area contributed by atoms with Gasteiger partial charge in [0.2, 0.25) is 0 Å². The van der Waals surface area contributed by atoms with Crippen molar-refractivity contribution < 1.29 is 14.1 Å². The molecule has 1 amide bonds. The second-order valence-corrected chi connectivity index (χ2v) is 7.24. The summed E-state index contributed by atoms with van der Waals surface area (Å²) in [7, 11) is 0. The van der Waals surface area contributed by atoms with Crippen LogP contribution in [0.1, 0.15) is 16.9 Å². The number of hydrogen-bond donors (Lipinski definition) is 0. The lowest BCUT2D eigenvalue weighted by atomic mass is 10.1.